The predicted molar refractivity (Wildman–Crippen MR) is 113 cm³/mol. The van der Waals surface area contributed by atoms with E-state index in [1.807, 2.05) is 13.0 Å². The molecular formula is C18H28IN3O2S. The molecule has 1 aromatic rings. The molecule has 7 heteroatoms. The minimum Gasteiger partial charge on any atom is -0.357 e. The molecule has 1 saturated carbocycles. The lowest BCUT2D eigenvalue weighted by Crippen LogP contribution is -2.44. The zero-order chi connectivity index (χ0) is 17.0. The number of nitrogens with zero attached hydrogens (tertiary/aromatic N) is 1. The maximum atomic E-state index is 11.6. The van der Waals surface area contributed by atoms with Crippen LogP contribution in [0.15, 0.2) is 35.3 Å². The highest BCUT2D eigenvalue weighted by molar-refractivity contribution is 14.0. The molecule has 1 aliphatic carbocycles. The summed E-state index contributed by atoms with van der Waals surface area (Å²) in [5.41, 5.74) is 1.65. The van der Waals surface area contributed by atoms with Crippen molar-refractivity contribution < 1.29 is 8.42 Å². The Balaban J connectivity index is 0.00000225. The van der Waals surface area contributed by atoms with Crippen molar-refractivity contribution in [2.75, 3.05) is 24.6 Å². The van der Waals surface area contributed by atoms with Crippen molar-refractivity contribution in [2.24, 2.45) is 10.4 Å². The Kier molecular flexibility index (Phi) is 7.13. The van der Waals surface area contributed by atoms with E-state index in [2.05, 4.69) is 34.9 Å². The Morgan fingerprint density at radius 2 is 2.00 bits per heavy atom. The van der Waals surface area contributed by atoms with Crippen LogP contribution in [0.2, 0.25) is 0 Å². The summed E-state index contributed by atoms with van der Waals surface area (Å²) < 4.78 is 23.2. The standard InChI is InChI=1S/C18H27N3O2S.HI/c1-2-19-17(21-16-8-11-24(22,23)13-16)20-14-18(9-10-18)12-15-6-4-3-5-7-15;/h3-7,16H,2,8-14H2,1H3,(H2,19,20,21);1H. The van der Waals surface area contributed by atoms with Crippen molar-refractivity contribution in [3.63, 3.8) is 0 Å². The number of aliphatic imine (C=N–C) groups is 1. The third kappa shape index (κ3) is 6.13. The molecule has 1 atom stereocenters. The molecule has 140 valence electrons. The van der Waals surface area contributed by atoms with Gasteiger partial charge >= 0.3 is 0 Å². The van der Waals surface area contributed by atoms with E-state index in [4.69, 9.17) is 4.99 Å². The molecular weight excluding hydrogens is 449 g/mol. The van der Waals surface area contributed by atoms with Gasteiger partial charge < -0.3 is 10.6 Å². The first-order valence-electron chi connectivity index (χ1n) is 8.79. The van der Waals surface area contributed by atoms with Gasteiger partial charge in [-0.3, -0.25) is 4.99 Å². The molecule has 1 saturated heterocycles. The van der Waals surface area contributed by atoms with E-state index in [9.17, 15) is 8.42 Å². The SMILES string of the molecule is CCNC(=NCC1(Cc2ccccc2)CC1)NC1CCS(=O)(=O)C1.I. The van der Waals surface area contributed by atoms with E-state index in [1.54, 1.807) is 0 Å². The summed E-state index contributed by atoms with van der Waals surface area (Å²) in [6.45, 7) is 3.59. The summed E-state index contributed by atoms with van der Waals surface area (Å²) in [5.74, 6) is 1.24. The lowest BCUT2D eigenvalue weighted by Gasteiger charge is -2.18. The third-order valence-corrected chi connectivity index (χ3v) is 6.64. The van der Waals surface area contributed by atoms with Crippen LogP contribution in [0, 0.1) is 5.41 Å². The van der Waals surface area contributed by atoms with Gasteiger partial charge in [0.2, 0.25) is 0 Å². The van der Waals surface area contributed by atoms with E-state index >= 15 is 0 Å². The maximum absolute atomic E-state index is 11.6. The fourth-order valence-electron chi connectivity index (χ4n) is 3.27. The summed E-state index contributed by atoms with van der Waals surface area (Å²) >= 11 is 0. The Labute approximate surface area is 168 Å². The van der Waals surface area contributed by atoms with Crippen LogP contribution >= 0.6 is 24.0 Å². The molecule has 2 aliphatic rings. The molecule has 1 unspecified atom stereocenters. The third-order valence-electron chi connectivity index (χ3n) is 4.87. The van der Waals surface area contributed by atoms with Crippen LogP contribution in [0.25, 0.3) is 0 Å². The van der Waals surface area contributed by atoms with Crippen molar-refractivity contribution in [2.45, 2.75) is 38.6 Å². The van der Waals surface area contributed by atoms with Crippen LogP contribution in [0.1, 0.15) is 31.7 Å². The van der Waals surface area contributed by atoms with Crippen LogP contribution in [0.5, 0.6) is 0 Å². The number of hydrogen-bond donors (Lipinski definition) is 2. The number of benzene rings is 1. The summed E-state index contributed by atoms with van der Waals surface area (Å²) in [4.78, 5) is 4.75. The van der Waals surface area contributed by atoms with E-state index in [0.29, 0.717) is 6.42 Å². The highest BCUT2D eigenvalue weighted by Gasteiger charge is 2.42. The smallest absolute Gasteiger partial charge is 0.191 e. The van der Waals surface area contributed by atoms with Gasteiger partial charge in [-0.15, -0.1) is 24.0 Å². The fourth-order valence-corrected chi connectivity index (χ4v) is 4.94. The molecule has 25 heavy (non-hydrogen) atoms. The topological polar surface area (TPSA) is 70.6 Å². The van der Waals surface area contributed by atoms with Gasteiger partial charge in [0.1, 0.15) is 0 Å². The summed E-state index contributed by atoms with van der Waals surface area (Å²) in [6, 6.07) is 10.6. The number of rotatable bonds is 6. The van der Waals surface area contributed by atoms with Gasteiger partial charge in [0.25, 0.3) is 0 Å². The fraction of sp³-hybridized carbons (Fsp3) is 0.611. The average Bonchev–Trinajstić information content (AvgIpc) is 3.22. The van der Waals surface area contributed by atoms with Crippen LogP contribution in [-0.4, -0.2) is 45.0 Å². The molecule has 5 nitrogen and oxygen atoms in total. The first-order valence-corrected chi connectivity index (χ1v) is 10.6. The van der Waals surface area contributed by atoms with Crippen LogP contribution in [0.3, 0.4) is 0 Å². The molecule has 2 N–H and O–H groups in total. The molecule has 2 fully saturated rings. The molecule has 1 aromatic carbocycles. The highest BCUT2D eigenvalue weighted by Crippen LogP contribution is 2.48. The van der Waals surface area contributed by atoms with Gasteiger partial charge in [0.15, 0.2) is 15.8 Å². The minimum atomic E-state index is -2.87. The van der Waals surface area contributed by atoms with Crippen LogP contribution in [0.4, 0.5) is 0 Å². The van der Waals surface area contributed by atoms with Crippen molar-refractivity contribution >= 4 is 39.8 Å². The van der Waals surface area contributed by atoms with E-state index in [1.165, 1.54) is 18.4 Å². The number of guanidine groups is 1. The molecule has 0 spiro atoms. The lowest BCUT2D eigenvalue weighted by molar-refractivity contribution is 0.518. The Bertz CT molecular complexity index is 688. The predicted octanol–water partition coefficient (Wildman–Crippen LogP) is 2.37. The van der Waals surface area contributed by atoms with E-state index < -0.39 is 9.84 Å². The summed E-state index contributed by atoms with van der Waals surface area (Å²) in [5, 5.41) is 6.54. The molecule has 0 amide bonds. The Hall–Kier alpha value is -0.830. The molecule has 0 bridgehead atoms. The van der Waals surface area contributed by atoms with Gasteiger partial charge in [-0.1, -0.05) is 30.3 Å². The largest absolute Gasteiger partial charge is 0.357 e. The van der Waals surface area contributed by atoms with Gasteiger partial charge in [-0.25, -0.2) is 8.42 Å². The molecule has 3 rings (SSSR count). The summed E-state index contributed by atoms with van der Waals surface area (Å²) in [7, 11) is -2.87. The van der Waals surface area contributed by atoms with Gasteiger partial charge in [-0.2, -0.15) is 0 Å². The maximum Gasteiger partial charge on any atom is 0.191 e. The zero-order valence-corrected chi connectivity index (χ0v) is 17.8. The molecule has 1 aliphatic heterocycles. The first-order chi connectivity index (χ1) is 11.5. The molecule has 0 radical (unpaired) electrons. The van der Waals surface area contributed by atoms with E-state index in [-0.39, 0.29) is 46.9 Å². The van der Waals surface area contributed by atoms with Crippen molar-refractivity contribution in [1.29, 1.82) is 0 Å². The lowest BCUT2D eigenvalue weighted by atomic mass is 9.97. The van der Waals surface area contributed by atoms with Crippen molar-refractivity contribution in [3.05, 3.63) is 35.9 Å². The summed E-state index contributed by atoms with van der Waals surface area (Å²) in [6.07, 6.45) is 4.15. The monoisotopic (exact) mass is 477 g/mol. The van der Waals surface area contributed by atoms with Crippen molar-refractivity contribution in [3.8, 4) is 0 Å². The second-order valence-electron chi connectivity index (χ2n) is 7.10. The van der Waals surface area contributed by atoms with Gasteiger partial charge in [0, 0.05) is 19.1 Å². The average molecular weight is 477 g/mol. The van der Waals surface area contributed by atoms with Gasteiger partial charge in [0.05, 0.1) is 11.5 Å². The quantitative estimate of drug-likeness (QED) is 0.375. The first kappa shape index (κ1) is 20.5. The van der Waals surface area contributed by atoms with Gasteiger partial charge in [-0.05, 0) is 43.6 Å². The van der Waals surface area contributed by atoms with E-state index in [0.717, 1.165) is 25.5 Å². The number of halogens is 1. The second-order valence-corrected chi connectivity index (χ2v) is 9.33. The Morgan fingerprint density at radius 3 is 2.56 bits per heavy atom. The Morgan fingerprint density at radius 1 is 1.28 bits per heavy atom. The number of sulfone groups is 1. The highest BCUT2D eigenvalue weighted by atomic mass is 127. The molecule has 1 heterocycles. The molecule has 0 aromatic heterocycles. The second kappa shape index (κ2) is 8.70. The normalized spacial score (nSPS) is 23.6. The van der Waals surface area contributed by atoms with Crippen LogP contribution in [-0.2, 0) is 16.3 Å². The van der Waals surface area contributed by atoms with Crippen LogP contribution < -0.4 is 10.6 Å². The number of nitrogens with one attached hydrogen (secondary N) is 2. The van der Waals surface area contributed by atoms with Crippen molar-refractivity contribution in [1.82, 2.24) is 10.6 Å². The zero-order valence-electron chi connectivity index (χ0n) is 14.7. The number of hydrogen-bond acceptors (Lipinski definition) is 3. The minimum absolute atomic E-state index is 0.